The molecule has 2 amide bonds. The summed E-state index contributed by atoms with van der Waals surface area (Å²) >= 11 is 0. The fourth-order valence-electron chi connectivity index (χ4n) is 2.82. The number of carbonyl (C=O) groups is 2. The predicted molar refractivity (Wildman–Crippen MR) is 111 cm³/mol. The van der Waals surface area contributed by atoms with E-state index in [9.17, 15) is 9.59 Å². The molecule has 0 spiro atoms. The predicted octanol–water partition coefficient (Wildman–Crippen LogP) is 3.23. The van der Waals surface area contributed by atoms with Crippen LogP contribution in [-0.4, -0.2) is 26.9 Å². The van der Waals surface area contributed by atoms with Gasteiger partial charge in [-0.05, 0) is 42.0 Å². The number of anilines is 1. The van der Waals surface area contributed by atoms with Gasteiger partial charge in [0.05, 0.1) is 6.26 Å². The van der Waals surface area contributed by atoms with Crippen LogP contribution >= 0.6 is 0 Å². The second-order valence-corrected chi connectivity index (χ2v) is 6.64. The van der Waals surface area contributed by atoms with Crippen molar-refractivity contribution in [2.75, 3.05) is 5.32 Å². The van der Waals surface area contributed by atoms with Gasteiger partial charge in [-0.3, -0.25) is 14.6 Å². The number of benzene rings is 1. The first-order chi connectivity index (χ1) is 15.2. The maximum atomic E-state index is 12.2. The van der Waals surface area contributed by atoms with E-state index in [-0.39, 0.29) is 24.0 Å². The minimum absolute atomic E-state index is 0.150. The van der Waals surface area contributed by atoms with Crippen molar-refractivity contribution in [2.45, 2.75) is 19.4 Å². The summed E-state index contributed by atoms with van der Waals surface area (Å²) in [6.45, 7) is 0.326. The van der Waals surface area contributed by atoms with E-state index < -0.39 is 0 Å². The zero-order chi connectivity index (χ0) is 21.5. The third kappa shape index (κ3) is 5.41. The molecule has 0 aliphatic heterocycles. The Bertz CT molecular complexity index is 1160. The highest BCUT2D eigenvalue weighted by atomic mass is 16.5. The lowest BCUT2D eigenvalue weighted by Crippen LogP contribution is -2.23. The summed E-state index contributed by atoms with van der Waals surface area (Å²) < 4.78 is 10.3. The van der Waals surface area contributed by atoms with Crippen LogP contribution in [0.15, 0.2) is 76.0 Å². The molecule has 3 aromatic heterocycles. The Hall–Kier alpha value is -4.27. The van der Waals surface area contributed by atoms with Gasteiger partial charge in [0.25, 0.3) is 5.91 Å². The fraction of sp³-hybridized carbons (Fsp3) is 0.136. The van der Waals surface area contributed by atoms with Crippen LogP contribution in [0.25, 0.3) is 11.5 Å². The molecule has 0 bridgehead atoms. The van der Waals surface area contributed by atoms with E-state index in [0.717, 1.165) is 5.56 Å². The van der Waals surface area contributed by atoms with Crippen molar-refractivity contribution in [3.8, 4) is 11.5 Å². The maximum Gasteiger partial charge on any atom is 0.291 e. The molecule has 4 aromatic rings. The number of nitrogens with one attached hydrogen (secondary N) is 2. The lowest BCUT2D eigenvalue weighted by molar-refractivity contribution is -0.121. The van der Waals surface area contributed by atoms with Crippen LogP contribution in [0.3, 0.4) is 0 Å². The van der Waals surface area contributed by atoms with Gasteiger partial charge in [-0.15, -0.1) is 0 Å². The Morgan fingerprint density at radius 3 is 2.77 bits per heavy atom. The second-order valence-electron chi connectivity index (χ2n) is 6.64. The molecule has 156 valence electrons. The average Bonchev–Trinajstić information content (AvgIpc) is 3.50. The van der Waals surface area contributed by atoms with Gasteiger partial charge >= 0.3 is 0 Å². The first-order valence-electron chi connectivity index (χ1n) is 9.62. The standard InChI is InChI=1S/C22H19N5O4/c28-19(9-10-20-26-21(27-31-20)17-7-1-2-11-23-17)24-14-15-5-3-6-16(13-15)25-22(29)18-8-4-12-30-18/h1-8,11-13H,9-10,14H2,(H,24,28)(H,25,29). The van der Waals surface area contributed by atoms with Crippen LogP contribution in [0.2, 0.25) is 0 Å². The molecule has 2 N–H and O–H groups in total. The van der Waals surface area contributed by atoms with E-state index in [0.29, 0.717) is 36.1 Å². The van der Waals surface area contributed by atoms with Crippen molar-refractivity contribution in [1.29, 1.82) is 0 Å². The number of pyridine rings is 1. The van der Waals surface area contributed by atoms with Gasteiger partial charge < -0.3 is 19.6 Å². The molecule has 0 saturated carbocycles. The highest BCUT2D eigenvalue weighted by Crippen LogP contribution is 2.14. The number of carbonyl (C=O) groups excluding carboxylic acids is 2. The monoisotopic (exact) mass is 417 g/mol. The van der Waals surface area contributed by atoms with Crippen LogP contribution in [0.4, 0.5) is 5.69 Å². The van der Waals surface area contributed by atoms with E-state index in [1.807, 2.05) is 12.1 Å². The SMILES string of the molecule is O=C(CCc1nc(-c2ccccn2)no1)NCc1cccc(NC(=O)c2ccco2)c1. The summed E-state index contributed by atoms with van der Waals surface area (Å²) in [4.78, 5) is 32.7. The van der Waals surface area contributed by atoms with Crippen LogP contribution in [0, 0.1) is 0 Å². The van der Waals surface area contributed by atoms with E-state index in [1.165, 1.54) is 6.26 Å². The number of hydrogen-bond donors (Lipinski definition) is 2. The third-order valence-electron chi connectivity index (χ3n) is 4.35. The molecule has 1 aromatic carbocycles. The number of aryl methyl sites for hydroxylation is 1. The summed E-state index contributed by atoms with van der Waals surface area (Å²) in [6.07, 6.45) is 3.62. The molecule has 0 atom stereocenters. The molecule has 9 heteroatoms. The van der Waals surface area contributed by atoms with E-state index in [1.54, 1.807) is 48.7 Å². The molecule has 4 rings (SSSR count). The average molecular weight is 417 g/mol. The highest BCUT2D eigenvalue weighted by Gasteiger charge is 2.12. The molecule has 0 aliphatic rings. The van der Waals surface area contributed by atoms with Crippen LogP contribution in [-0.2, 0) is 17.8 Å². The number of furan rings is 1. The first-order valence-corrected chi connectivity index (χ1v) is 9.62. The van der Waals surface area contributed by atoms with Crippen LogP contribution < -0.4 is 10.6 Å². The summed E-state index contributed by atoms with van der Waals surface area (Å²) in [5, 5.41) is 9.49. The molecular formula is C22H19N5O4. The summed E-state index contributed by atoms with van der Waals surface area (Å²) in [7, 11) is 0. The second kappa shape index (κ2) is 9.49. The quantitative estimate of drug-likeness (QED) is 0.451. The van der Waals surface area contributed by atoms with Crippen LogP contribution in [0.5, 0.6) is 0 Å². The normalized spacial score (nSPS) is 10.6. The smallest absolute Gasteiger partial charge is 0.291 e. The molecule has 0 unspecified atom stereocenters. The maximum absolute atomic E-state index is 12.2. The molecular weight excluding hydrogens is 398 g/mol. The number of aromatic nitrogens is 3. The number of nitrogens with zero attached hydrogens (tertiary/aromatic N) is 3. The topological polar surface area (TPSA) is 123 Å². The van der Waals surface area contributed by atoms with E-state index >= 15 is 0 Å². The van der Waals surface area contributed by atoms with Gasteiger partial charge in [0.2, 0.25) is 17.6 Å². The van der Waals surface area contributed by atoms with Crippen molar-refractivity contribution < 1.29 is 18.5 Å². The van der Waals surface area contributed by atoms with Crippen molar-refractivity contribution in [3.05, 3.63) is 84.3 Å². The minimum atomic E-state index is -0.337. The molecule has 0 saturated heterocycles. The molecule has 3 heterocycles. The number of hydrogen-bond acceptors (Lipinski definition) is 7. The van der Waals surface area contributed by atoms with E-state index in [4.69, 9.17) is 8.94 Å². The van der Waals surface area contributed by atoms with Crippen molar-refractivity contribution in [3.63, 3.8) is 0 Å². The number of amides is 2. The molecule has 0 fully saturated rings. The van der Waals surface area contributed by atoms with Crippen molar-refractivity contribution in [2.24, 2.45) is 0 Å². The van der Waals surface area contributed by atoms with Gasteiger partial charge in [0.15, 0.2) is 5.76 Å². The Balaban J connectivity index is 1.25. The Kier molecular flexibility index (Phi) is 6.13. The first kappa shape index (κ1) is 20.0. The van der Waals surface area contributed by atoms with Crippen molar-refractivity contribution in [1.82, 2.24) is 20.4 Å². The summed E-state index contributed by atoms with van der Waals surface area (Å²) in [5.74, 6) is 0.507. The summed E-state index contributed by atoms with van der Waals surface area (Å²) in [6, 6.07) is 15.9. The van der Waals surface area contributed by atoms with Gasteiger partial charge in [-0.1, -0.05) is 23.4 Å². The lowest BCUT2D eigenvalue weighted by atomic mass is 10.2. The highest BCUT2D eigenvalue weighted by molar-refractivity contribution is 6.02. The van der Waals surface area contributed by atoms with Gasteiger partial charge in [-0.2, -0.15) is 4.98 Å². The number of rotatable bonds is 8. The third-order valence-corrected chi connectivity index (χ3v) is 4.35. The lowest BCUT2D eigenvalue weighted by Gasteiger charge is -2.08. The summed E-state index contributed by atoms with van der Waals surface area (Å²) in [5.41, 5.74) is 2.07. The molecule has 9 nitrogen and oxygen atoms in total. The Morgan fingerprint density at radius 1 is 1.03 bits per heavy atom. The molecule has 31 heavy (non-hydrogen) atoms. The molecule has 0 aliphatic carbocycles. The zero-order valence-corrected chi connectivity index (χ0v) is 16.4. The van der Waals surface area contributed by atoms with Crippen LogP contribution in [0.1, 0.15) is 28.4 Å². The van der Waals surface area contributed by atoms with Gasteiger partial charge in [-0.25, -0.2) is 0 Å². The Morgan fingerprint density at radius 2 is 1.97 bits per heavy atom. The van der Waals surface area contributed by atoms with Gasteiger partial charge in [0.1, 0.15) is 5.69 Å². The van der Waals surface area contributed by atoms with Crippen molar-refractivity contribution >= 4 is 17.5 Å². The largest absolute Gasteiger partial charge is 0.459 e. The minimum Gasteiger partial charge on any atom is -0.459 e. The fourth-order valence-corrected chi connectivity index (χ4v) is 2.82. The molecule has 0 radical (unpaired) electrons. The van der Waals surface area contributed by atoms with Gasteiger partial charge in [0, 0.05) is 31.3 Å². The Labute approximate surface area is 177 Å². The zero-order valence-electron chi connectivity index (χ0n) is 16.4. The van der Waals surface area contributed by atoms with E-state index in [2.05, 4.69) is 25.8 Å².